The van der Waals surface area contributed by atoms with Crippen molar-refractivity contribution < 1.29 is 10.2 Å². The third-order valence-electron chi connectivity index (χ3n) is 23.5. The Hall–Kier alpha value is -0.0800. The van der Waals surface area contributed by atoms with E-state index in [1.165, 1.54) is 128 Å². The molecule has 0 aromatic carbocycles. The second-order valence-electron chi connectivity index (χ2n) is 26.2. The summed E-state index contributed by atoms with van der Waals surface area (Å²) in [5.74, 6) is 14.3. The Labute approximate surface area is 368 Å². The molecule has 59 heavy (non-hydrogen) atoms. The van der Waals surface area contributed by atoms with Crippen LogP contribution < -0.4 is 0 Å². The molecule has 0 aromatic rings. The normalized spacial score (nSPS) is 48.6. The maximum atomic E-state index is 11.1. The predicted molar refractivity (Wildman–Crippen MR) is 252 cm³/mol. The fourth-order valence-electron chi connectivity index (χ4n) is 19.2. The summed E-state index contributed by atoms with van der Waals surface area (Å²) in [6.45, 7) is 30.2. The van der Waals surface area contributed by atoms with Gasteiger partial charge in [0.25, 0.3) is 0 Å². The van der Waals surface area contributed by atoms with Crippen LogP contribution in [-0.4, -0.2) is 22.4 Å². The van der Waals surface area contributed by atoms with Gasteiger partial charge in [0, 0.05) is 0 Å². The lowest BCUT2D eigenvalue weighted by molar-refractivity contribution is -0.164. The maximum absolute atomic E-state index is 11.1. The van der Waals surface area contributed by atoms with Crippen molar-refractivity contribution in [3.05, 3.63) is 0 Å². The van der Waals surface area contributed by atoms with E-state index < -0.39 is 0 Å². The third kappa shape index (κ3) is 8.51. The molecule has 2 unspecified atom stereocenters. The molecule has 342 valence electrons. The minimum atomic E-state index is -0.0351. The third-order valence-corrected chi connectivity index (χ3v) is 23.5. The van der Waals surface area contributed by atoms with Gasteiger partial charge in [0.2, 0.25) is 0 Å². The Morgan fingerprint density at radius 2 is 1.02 bits per heavy atom. The molecule has 0 spiro atoms. The Balaban J connectivity index is 0.000000179. The summed E-state index contributed by atoms with van der Waals surface area (Å²) < 4.78 is 0. The van der Waals surface area contributed by atoms with Crippen LogP contribution in [0, 0.1) is 116 Å². The van der Waals surface area contributed by atoms with E-state index in [0.717, 1.165) is 114 Å². The summed E-state index contributed by atoms with van der Waals surface area (Å²) in [7, 11) is 0. The molecule has 2 N–H and O–H groups in total. The van der Waals surface area contributed by atoms with Gasteiger partial charge in [-0.3, -0.25) is 0 Å². The van der Waals surface area contributed by atoms with E-state index in [1.807, 2.05) is 0 Å². The van der Waals surface area contributed by atoms with E-state index in [2.05, 4.69) is 83.1 Å². The van der Waals surface area contributed by atoms with Crippen LogP contribution in [0.5, 0.6) is 0 Å². The highest BCUT2D eigenvalue weighted by atomic mass is 16.3. The summed E-state index contributed by atoms with van der Waals surface area (Å²) in [5.41, 5.74) is 1.93. The number of hydrogen-bond acceptors (Lipinski definition) is 2. The van der Waals surface area contributed by atoms with Crippen LogP contribution in [0.15, 0.2) is 0 Å². The van der Waals surface area contributed by atoms with E-state index in [0.29, 0.717) is 16.2 Å². The zero-order valence-electron chi connectivity index (χ0n) is 41.6. The lowest BCUT2D eigenvalue weighted by atomic mass is 9.44. The number of fused-ring (bicyclic) bond motifs is 10. The van der Waals surface area contributed by atoms with Crippen LogP contribution in [0.3, 0.4) is 0 Å². The molecule has 2 nitrogen and oxygen atoms in total. The van der Waals surface area contributed by atoms with Crippen LogP contribution >= 0.6 is 0 Å². The fraction of sp³-hybridized carbons (Fsp3) is 1.00. The van der Waals surface area contributed by atoms with Gasteiger partial charge in [-0.1, -0.05) is 115 Å². The van der Waals surface area contributed by atoms with Gasteiger partial charge in [0.05, 0.1) is 12.2 Å². The van der Waals surface area contributed by atoms with Gasteiger partial charge in [0.15, 0.2) is 0 Å². The monoisotopic (exact) mass is 819 g/mol. The van der Waals surface area contributed by atoms with Crippen LogP contribution in [-0.2, 0) is 0 Å². The molecule has 8 aliphatic rings. The average molecular weight is 819 g/mol. The second-order valence-corrected chi connectivity index (χ2v) is 26.2. The van der Waals surface area contributed by atoms with E-state index in [9.17, 15) is 10.2 Å². The summed E-state index contributed by atoms with van der Waals surface area (Å²) >= 11 is 0. The highest BCUT2D eigenvalue weighted by Crippen LogP contribution is 2.70. The molecule has 2 heteroatoms. The van der Waals surface area contributed by atoms with Crippen molar-refractivity contribution in [3.63, 3.8) is 0 Å². The van der Waals surface area contributed by atoms with Crippen LogP contribution in [0.25, 0.3) is 0 Å². The minimum Gasteiger partial charge on any atom is -0.393 e. The molecule has 8 fully saturated rings. The van der Waals surface area contributed by atoms with Crippen molar-refractivity contribution in [2.45, 2.75) is 243 Å². The van der Waals surface area contributed by atoms with Gasteiger partial charge in [-0.2, -0.15) is 0 Å². The van der Waals surface area contributed by atoms with Gasteiger partial charge in [-0.25, -0.2) is 0 Å². The first-order valence-electron chi connectivity index (χ1n) is 27.3. The Morgan fingerprint density at radius 3 is 1.59 bits per heavy atom. The number of aliphatic hydroxyl groups is 2. The van der Waals surface area contributed by atoms with Gasteiger partial charge >= 0.3 is 0 Å². The quantitative estimate of drug-likeness (QED) is 0.218. The predicted octanol–water partition coefficient (Wildman–Crippen LogP) is 15.8. The Morgan fingerprint density at radius 1 is 0.492 bits per heavy atom. The lowest BCUT2D eigenvalue weighted by Gasteiger charge is -2.62. The van der Waals surface area contributed by atoms with Crippen LogP contribution in [0.4, 0.5) is 0 Å². The maximum Gasteiger partial charge on any atom is 0.0599 e. The van der Waals surface area contributed by atoms with Crippen molar-refractivity contribution in [1.82, 2.24) is 0 Å². The minimum absolute atomic E-state index is 0.0111. The molecule has 8 rings (SSSR count). The smallest absolute Gasteiger partial charge is 0.0599 e. The molecule has 0 bridgehead atoms. The standard InChI is InChI=1S/C29H52O.C28H50O/c1-7-21(19(2)3)9-8-20(4)25-12-13-26-24-11-10-22-18-23(30)14-16-28(22,5)27(24)15-17-29(25,26)6;1-18(2)19(3)10-11-20(4)23-14-15-24-22-13-12-21-8-7-9-26(29)28(21,6)25(22)16-17-27(23,24)5/h19-27,30H,7-18H2,1-6H3;18-26,29H,7-17H2,1-6H3/t20-,21-,22+,23+,24+,25-,26+,27+,28+,29-;19-,20-,21?,22+,23-,24+,25+,26?,27-,28+/m11/s1. The van der Waals surface area contributed by atoms with E-state index in [4.69, 9.17) is 0 Å². The molecule has 0 saturated heterocycles. The van der Waals surface area contributed by atoms with Gasteiger partial charge in [-0.05, 0) is 232 Å². The number of hydrogen-bond donors (Lipinski definition) is 2. The Bertz CT molecular complexity index is 1350. The Kier molecular flexibility index (Phi) is 14.6. The zero-order chi connectivity index (χ0) is 42.7. The van der Waals surface area contributed by atoms with E-state index in [-0.39, 0.29) is 17.6 Å². The van der Waals surface area contributed by atoms with Crippen molar-refractivity contribution in [2.24, 2.45) is 116 Å². The van der Waals surface area contributed by atoms with Crippen molar-refractivity contribution >= 4 is 0 Å². The first-order valence-corrected chi connectivity index (χ1v) is 27.3. The molecule has 0 aliphatic heterocycles. The van der Waals surface area contributed by atoms with Crippen LogP contribution in [0.1, 0.15) is 231 Å². The summed E-state index contributed by atoms with van der Waals surface area (Å²) in [5, 5.41) is 21.4. The van der Waals surface area contributed by atoms with E-state index in [1.54, 1.807) is 0 Å². The van der Waals surface area contributed by atoms with Gasteiger partial charge in [0.1, 0.15) is 0 Å². The summed E-state index contributed by atoms with van der Waals surface area (Å²) in [4.78, 5) is 0. The topological polar surface area (TPSA) is 40.5 Å². The fourth-order valence-corrected chi connectivity index (χ4v) is 19.2. The zero-order valence-corrected chi connectivity index (χ0v) is 41.6. The van der Waals surface area contributed by atoms with Gasteiger partial charge < -0.3 is 10.2 Å². The lowest BCUT2D eigenvalue weighted by Crippen LogP contribution is -2.57. The summed E-state index contributed by atoms with van der Waals surface area (Å²) in [6.07, 6.45) is 31.7. The number of rotatable bonds is 11. The molecular formula is C57H102O2. The second kappa shape index (κ2) is 18.4. The molecule has 0 aromatic heterocycles. The van der Waals surface area contributed by atoms with E-state index >= 15 is 0 Å². The van der Waals surface area contributed by atoms with Gasteiger partial charge in [-0.15, -0.1) is 0 Å². The highest BCUT2D eigenvalue weighted by molar-refractivity contribution is 5.12. The first kappa shape index (κ1) is 46.9. The molecular weight excluding hydrogens is 717 g/mol. The molecule has 0 amide bonds. The summed E-state index contributed by atoms with van der Waals surface area (Å²) in [6, 6.07) is 0. The first-order chi connectivity index (χ1) is 27.9. The molecule has 8 aliphatic carbocycles. The molecule has 8 saturated carbocycles. The highest BCUT2D eigenvalue weighted by Gasteiger charge is 2.63. The van der Waals surface area contributed by atoms with Crippen molar-refractivity contribution in [2.75, 3.05) is 0 Å². The average Bonchev–Trinajstić information content (AvgIpc) is 3.75. The SMILES string of the molecule is CC(C)[C@H](C)CC[C@@H](C)[C@H]1CC[C@H]2[C@@H]3CCC4CCCC(O)[C@]4(C)[C@H]3CC[C@]12C.CC[C@H](CC[C@@H](C)[C@H]1CC[C@H]2[C@@H]3CC[C@H]4C[C@@H](O)CC[C@]4(C)[C@H]3CC[C@]12C)C(C)C. The molecule has 0 heterocycles. The molecule has 20 atom stereocenters. The largest absolute Gasteiger partial charge is 0.393 e. The van der Waals surface area contributed by atoms with Crippen molar-refractivity contribution in [1.29, 1.82) is 0 Å². The molecule has 0 radical (unpaired) electrons. The van der Waals surface area contributed by atoms with Crippen molar-refractivity contribution in [3.8, 4) is 0 Å². The van der Waals surface area contributed by atoms with Crippen LogP contribution in [0.2, 0.25) is 0 Å². The number of aliphatic hydroxyl groups excluding tert-OH is 2.